The first-order valence-electron chi connectivity index (χ1n) is 6.09. The molecule has 0 fully saturated rings. The number of aryl methyl sites for hydroxylation is 1. The van der Waals surface area contributed by atoms with Crippen LogP contribution < -0.4 is 5.73 Å². The summed E-state index contributed by atoms with van der Waals surface area (Å²) >= 11 is 0. The van der Waals surface area contributed by atoms with Gasteiger partial charge in [-0.3, -0.25) is 4.98 Å². The molecule has 100 valence electrons. The maximum atomic E-state index is 13.9. The molecule has 0 aliphatic carbocycles. The molecule has 0 spiro atoms. The van der Waals surface area contributed by atoms with Gasteiger partial charge in [0.2, 0.25) is 5.88 Å². The molecule has 0 atom stereocenters. The predicted octanol–water partition coefficient (Wildman–Crippen LogP) is 3.43. The van der Waals surface area contributed by atoms with Gasteiger partial charge in [-0.25, -0.2) is 4.39 Å². The molecule has 0 bridgehead atoms. The average Bonchev–Trinajstić information content (AvgIpc) is 2.82. The number of anilines is 1. The Kier molecular flexibility index (Phi) is 2.95. The van der Waals surface area contributed by atoms with Crippen molar-refractivity contribution in [2.45, 2.75) is 6.92 Å². The fourth-order valence-corrected chi connectivity index (χ4v) is 2.05. The lowest BCUT2D eigenvalue weighted by atomic mass is 10.0. The summed E-state index contributed by atoms with van der Waals surface area (Å²) in [4.78, 5) is 3.73. The van der Waals surface area contributed by atoms with Crippen LogP contribution in [0.4, 0.5) is 10.3 Å². The van der Waals surface area contributed by atoms with Crippen LogP contribution in [0.3, 0.4) is 0 Å². The van der Waals surface area contributed by atoms with Crippen molar-refractivity contribution in [1.82, 2.24) is 10.1 Å². The fraction of sp³-hybridized carbons (Fsp3) is 0.0667. The van der Waals surface area contributed by atoms with Gasteiger partial charge in [-0.15, -0.1) is 0 Å². The first kappa shape index (κ1) is 12.3. The van der Waals surface area contributed by atoms with Gasteiger partial charge in [0.25, 0.3) is 0 Å². The summed E-state index contributed by atoms with van der Waals surface area (Å²) in [6.07, 6.45) is 2.64. The maximum Gasteiger partial charge on any atom is 0.230 e. The van der Waals surface area contributed by atoms with Crippen LogP contribution in [0.15, 0.2) is 47.2 Å². The van der Waals surface area contributed by atoms with Crippen LogP contribution >= 0.6 is 0 Å². The number of rotatable bonds is 2. The van der Waals surface area contributed by atoms with Crippen molar-refractivity contribution >= 4 is 5.88 Å². The van der Waals surface area contributed by atoms with E-state index in [4.69, 9.17) is 10.3 Å². The number of hydrogen-bond donors (Lipinski definition) is 1. The molecular weight excluding hydrogens is 257 g/mol. The van der Waals surface area contributed by atoms with E-state index in [-0.39, 0.29) is 5.88 Å². The second-order valence-corrected chi connectivity index (χ2v) is 4.49. The van der Waals surface area contributed by atoms with Gasteiger partial charge in [-0.2, -0.15) is 0 Å². The number of hydrogen-bond acceptors (Lipinski definition) is 4. The third-order valence-corrected chi connectivity index (χ3v) is 3.09. The number of halogens is 1. The molecule has 3 aromatic rings. The highest BCUT2D eigenvalue weighted by molar-refractivity contribution is 5.86. The molecule has 3 rings (SSSR count). The van der Waals surface area contributed by atoms with Crippen molar-refractivity contribution in [3.63, 3.8) is 0 Å². The number of nitrogens with two attached hydrogens (primary N) is 1. The summed E-state index contributed by atoms with van der Waals surface area (Å²) in [5.74, 6) is -0.297. The van der Waals surface area contributed by atoms with Gasteiger partial charge in [-0.1, -0.05) is 35.0 Å². The molecule has 5 heteroatoms. The molecule has 2 heterocycles. The SMILES string of the molecule is Cc1ccc(-c2c(-c3ccncc3F)noc2N)cc1. The number of aromatic nitrogens is 2. The normalized spacial score (nSPS) is 10.7. The van der Waals surface area contributed by atoms with E-state index in [2.05, 4.69) is 10.1 Å². The Balaban J connectivity index is 2.20. The summed E-state index contributed by atoms with van der Waals surface area (Å²) in [6.45, 7) is 1.99. The molecule has 2 aromatic heterocycles. The predicted molar refractivity (Wildman–Crippen MR) is 74.3 cm³/mol. The van der Waals surface area contributed by atoms with Gasteiger partial charge in [0, 0.05) is 11.8 Å². The smallest absolute Gasteiger partial charge is 0.230 e. The minimum Gasteiger partial charge on any atom is -0.367 e. The van der Waals surface area contributed by atoms with Crippen LogP contribution in [0.2, 0.25) is 0 Å². The minimum atomic E-state index is -0.464. The van der Waals surface area contributed by atoms with Crippen LogP contribution in [0.25, 0.3) is 22.4 Å². The van der Waals surface area contributed by atoms with Crippen molar-refractivity contribution in [1.29, 1.82) is 0 Å². The van der Waals surface area contributed by atoms with E-state index in [1.807, 2.05) is 31.2 Å². The summed E-state index contributed by atoms with van der Waals surface area (Å²) < 4.78 is 18.9. The lowest BCUT2D eigenvalue weighted by Crippen LogP contribution is -1.90. The van der Waals surface area contributed by atoms with Gasteiger partial charge < -0.3 is 10.3 Å². The highest BCUT2D eigenvalue weighted by Crippen LogP contribution is 2.36. The second-order valence-electron chi connectivity index (χ2n) is 4.49. The van der Waals surface area contributed by atoms with Crippen LogP contribution in [-0.2, 0) is 0 Å². The highest BCUT2D eigenvalue weighted by Gasteiger charge is 2.19. The Bertz CT molecular complexity index is 750. The zero-order chi connectivity index (χ0) is 14.1. The van der Waals surface area contributed by atoms with E-state index < -0.39 is 5.82 Å². The van der Waals surface area contributed by atoms with E-state index >= 15 is 0 Å². The van der Waals surface area contributed by atoms with Crippen LogP contribution in [-0.4, -0.2) is 10.1 Å². The number of nitrogen functional groups attached to an aromatic ring is 1. The van der Waals surface area contributed by atoms with E-state index in [9.17, 15) is 4.39 Å². The highest BCUT2D eigenvalue weighted by atomic mass is 19.1. The molecule has 20 heavy (non-hydrogen) atoms. The number of pyridine rings is 1. The standard InChI is InChI=1S/C15H12FN3O/c1-9-2-4-10(5-3-9)13-14(19-20-15(13)17)11-6-7-18-8-12(11)16/h2-8H,17H2,1H3. The average molecular weight is 269 g/mol. The van der Waals surface area contributed by atoms with Crippen molar-refractivity contribution in [2.75, 3.05) is 5.73 Å². The van der Waals surface area contributed by atoms with Gasteiger partial charge in [-0.05, 0) is 18.6 Å². The summed E-state index contributed by atoms with van der Waals surface area (Å²) in [5, 5.41) is 3.88. The summed E-state index contributed by atoms with van der Waals surface area (Å²) in [6, 6.07) is 9.26. The van der Waals surface area contributed by atoms with Crippen molar-refractivity contribution in [2.24, 2.45) is 0 Å². The maximum absolute atomic E-state index is 13.9. The summed E-state index contributed by atoms with van der Waals surface area (Å²) in [5.41, 5.74) is 9.08. The molecule has 2 N–H and O–H groups in total. The fourth-order valence-electron chi connectivity index (χ4n) is 2.05. The Morgan fingerprint density at radius 1 is 1.15 bits per heavy atom. The molecule has 4 nitrogen and oxygen atoms in total. The largest absolute Gasteiger partial charge is 0.367 e. The van der Waals surface area contributed by atoms with Gasteiger partial charge in [0.15, 0.2) is 5.82 Å². The molecule has 0 saturated carbocycles. The van der Waals surface area contributed by atoms with Gasteiger partial charge >= 0.3 is 0 Å². The zero-order valence-electron chi connectivity index (χ0n) is 10.8. The lowest BCUT2D eigenvalue weighted by molar-refractivity contribution is 0.439. The van der Waals surface area contributed by atoms with Crippen molar-refractivity contribution in [3.05, 3.63) is 54.1 Å². The first-order valence-corrected chi connectivity index (χ1v) is 6.09. The molecular formula is C15H12FN3O. The summed E-state index contributed by atoms with van der Waals surface area (Å²) in [7, 11) is 0. The van der Waals surface area contributed by atoms with Gasteiger partial charge in [0.1, 0.15) is 5.69 Å². The lowest BCUT2D eigenvalue weighted by Gasteiger charge is -2.04. The molecule has 0 radical (unpaired) electrons. The zero-order valence-corrected chi connectivity index (χ0v) is 10.8. The quantitative estimate of drug-likeness (QED) is 0.774. The van der Waals surface area contributed by atoms with E-state index in [0.717, 1.165) is 17.3 Å². The third-order valence-electron chi connectivity index (χ3n) is 3.09. The van der Waals surface area contributed by atoms with Crippen LogP contribution in [0.1, 0.15) is 5.56 Å². The molecule has 0 unspecified atom stereocenters. The van der Waals surface area contributed by atoms with E-state index in [1.165, 1.54) is 6.20 Å². The van der Waals surface area contributed by atoms with Crippen LogP contribution in [0.5, 0.6) is 0 Å². The Hall–Kier alpha value is -2.69. The Morgan fingerprint density at radius 2 is 1.90 bits per heavy atom. The Morgan fingerprint density at radius 3 is 2.60 bits per heavy atom. The Labute approximate surface area is 115 Å². The number of benzene rings is 1. The number of nitrogens with zero attached hydrogens (tertiary/aromatic N) is 2. The molecule has 0 aliphatic rings. The first-order chi connectivity index (χ1) is 9.66. The topological polar surface area (TPSA) is 64.9 Å². The van der Waals surface area contributed by atoms with E-state index in [0.29, 0.717) is 16.8 Å². The van der Waals surface area contributed by atoms with Crippen molar-refractivity contribution in [3.8, 4) is 22.4 Å². The van der Waals surface area contributed by atoms with E-state index in [1.54, 1.807) is 6.07 Å². The second kappa shape index (κ2) is 4.77. The van der Waals surface area contributed by atoms with Crippen molar-refractivity contribution < 1.29 is 8.91 Å². The molecule has 0 saturated heterocycles. The monoisotopic (exact) mass is 269 g/mol. The third kappa shape index (κ3) is 2.03. The molecule has 0 amide bonds. The molecule has 0 aliphatic heterocycles. The van der Waals surface area contributed by atoms with Gasteiger partial charge in [0.05, 0.1) is 11.8 Å². The molecule has 1 aromatic carbocycles. The van der Waals surface area contributed by atoms with Crippen LogP contribution in [0, 0.1) is 12.7 Å². The minimum absolute atomic E-state index is 0.167.